The van der Waals surface area contributed by atoms with Crippen molar-refractivity contribution in [1.82, 2.24) is 5.32 Å². The van der Waals surface area contributed by atoms with Gasteiger partial charge in [-0.1, -0.05) is 0 Å². The first kappa shape index (κ1) is 15.1. The quantitative estimate of drug-likeness (QED) is 0.622. The van der Waals surface area contributed by atoms with E-state index in [0.29, 0.717) is 0 Å². The van der Waals surface area contributed by atoms with Crippen LogP contribution in [0.3, 0.4) is 0 Å². The molecule has 0 aromatic carbocycles. The maximum absolute atomic E-state index is 11.2. The van der Waals surface area contributed by atoms with Crippen LogP contribution in [-0.4, -0.2) is 56.5 Å². The second kappa shape index (κ2) is 6.30. The normalized spacial score (nSPS) is 26.8. The average molecular weight is 295 g/mol. The van der Waals surface area contributed by atoms with Gasteiger partial charge in [-0.05, 0) is 18.7 Å². The zero-order valence-corrected chi connectivity index (χ0v) is 11.2. The number of carbonyl (C=O) groups excluding carboxylic acids is 1. The Morgan fingerprint density at radius 2 is 2.17 bits per heavy atom. The van der Waals surface area contributed by atoms with Crippen molar-refractivity contribution in [2.24, 2.45) is 0 Å². The average Bonchev–Trinajstić information content (AvgIpc) is 2.72. The minimum atomic E-state index is -1.46. The Kier molecular flexibility index (Phi) is 5.29. The van der Waals surface area contributed by atoms with Crippen LogP contribution >= 0.6 is 23.5 Å². The van der Waals surface area contributed by atoms with Gasteiger partial charge in [0.05, 0.1) is 6.61 Å². The lowest BCUT2D eigenvalue weighted by atomic mass is 10.2. The summed E-state index contributed by atoms with van der Waals surface area (Å²) < 4.78 is 4.68. The largest absolute Gasteiger partial charge is 0.480 e. The van der Waals surface area contributed by atoms with Crippen molar-refractivity contribution in [1.29, 1.82) is 0 Å². The summed E-state index contributed by atoms with van der Waals surface area (Å²) in [5.74, 6) is -2.24. The van der Waals surface area contributed by atoms with Gasteiger partial charge in [0.1, 0.15) is 6.04 Å². The zero-order valence-electron chi connectivity index (χ0n) is 9.54. The van der Waals surface area contributed by atoms with Crippen LogP contribution in [0.25, 0.3) is 0 Å². The fourth-order valence-electron chi connectivity index (χ4n) is 1.31. The standard InChI is InChI=1S/C9H13NO6S2/c1-2-16-8(15)17-4-9(7(13)14)10-5(3-18-9)6(11)12/h5,10H,2-4H2,1H3,(H,11,12)(H,13,14)/t5-,9?/m0/s1. The Hall–Kier alpha value is -0.930. The second-order valence-electron chi connectivity index (χ2n) is 3.45. The van der Waals surface area contributed by atoms with Crippen LogP contribution < -0.4 is 5.32 Å². The summed E-state index contributed by atoms with van der Waals surface area (Å²) in [6.45, 7) is 1.86. The minimum Gasteiger partial charge on any atom is -0.480 e. The molecule has 0 aromatic heterocycles. The Morgan fingerprint density at radius 1 is 1.50 bits per heavy atom. The molecule has 18 heavy (non-hydrogen) atoms. The third-order valence-electron chi connectivity index (χ3n) is 2.20. The van der Waals surface area contributed by atoms with E-state index in [0.717, 1.165) is 23.5 Å². The maximum atomic E-state index is 11.2. The molecule has 1 rings (SSSR count). The lowest BCUT2D eigenvalue weighted by molar-refractivity contribution is -0.141. The number of carbonyl (C=O) groups is 3. The number of nitrogens with one attached hydrogen (secondary N) is 1. The summed E-state index contributed by atoms with van der Waals surface area (Å²) in [6.07, 6.45) is 0. The number of thioether (sulfide) groups is 2. The molecule has 0 bridgehead atoms. The van der Waals surface area contributed by atoms with Gasteiger partial charge in [0, 0.05) is 11.5 Å². The van der Waals surface area contributed by atoms with E-state index in [2.05, 4.69) is 10.1 Å². The van der Waals surface area contributed by atoms with Gasteiger partial charge in [0.15, 0.2) is 4.87 Å². The van der Waals surface area contributed by atoms with Crippen LogP contribution in [0.1, 0.15) is 6.92 Å². The number of hydrogen-bond acceptors (Lipinski definition) is 7. The second-order valence-corrected chi connectivity index (χ2v) is 5.68. The van der Waals surface area contributed by atoms with E-state index in [4.69, 9.17) is 10.2 Å². The number of aliphatic carboxylic acids is 2. The molecule has 1 aliphatic rings. The Labute approximate surface area is 112 Å². The lowest BCUT2D eigenvalue weighted by Crippen LogP contribution is -2.52. The maximum Gasteiger partial charge on any atom is 0.367 e. The first-order valence-corrected chi connectivity index (χ1v) is 7.06. The molecule has 0 aromatic rings. The highest BCUT2D eigenvalue weighted by Gasteiger charge is 2.48. The smallest absolute Gasteiger partial charge is 0.367 e. The molecule has 9 heteroatoms. The van der Waals surface area contributed by atoms with Crippen molar-refractivity contribution in [2.75, 3.05) is 18.1 Å². The SMILES string of the molecule is CCOC(=O)SCC1(C(=O)O)N[C@H](C(=O)O)CS1. The third-order valence-corrected chi connectivity index (χ3v) is 4.75. The first-order valence-electron chi connectivity index (χ1n) is 5.08. The molecule has 0 amide bonds. The van der Waals surface area contributed by atoms with E-state index in [9.17, 15) is 14.4 Å². The third kappa shape index (κ3) is 3.53. The van der Waals surface area contributed by atoms with E-state index >= 15 is 0 Å². The summed E-state index contributed by atoms with van der Waals surface area (Å²) in [4.78, 5) is 31.7. The minimum absolute atomic E-state index is 0.0877. The predicted octanol–water partition coefficient (Wildman–Crippen LogP) is 0.447. The van der Waals surface area contributed by atoms with Gasteiger partial charge in [-0.15, -0.1) is 11.8 Å². The molecule has 0 spiro atoms. The van der Waals surface area contributed by atoms with Crippen LogP contribution in [0.2, 0.25) is 0 Å². The number of carboxylic acids is 2. The highest BCUT2D eigenvalue weighted by molar-refractivity contribution is 8.14. The number of rotatable bonds is 5. The summed E-state index contributed by atoms with van der Waals surface area (Å²) in [7, 11) is 0. The van der Waals surface area contributed by atoms with Gasteiger partial charge in [0.2, 0.25) is 0 Å². The highest BCUT2D eigenvalue weighted by atomic mass is 32.2. The molecule has 7 nitrogen and oxygen atoms in total. The Morgan fingerprint density at radius 3 is 2.61 bits per heavy atom. The van der Waals surface area contributed by atoms with Crippen LogP contribution in [-0.2, 0) is 14.3 Å². The molecule has 1 saturated heterocycles. The summed E-state index contributed by atoms with van der Waals surface area (Å²) >= 11 is 1.70. The van der Waals surface area contributed by atoms with E-state index in [1.165, 1.54) is 0 Å². The van der Waals surface area contributed by atoms with Gasteiger partial charge in [-0.3, -0.25) is 10.1 Å². The molecular formula is C9H13NO6S2. The van der Waals surface area contributed by atoms with Crippen molar-refractivity contribution < 1.29 is 29.3 Å². The molecule has 3 N–H and O–H groups in total. The van der Waals surface area contributed by atoms with Crippen molar-refractivity contribution >= 4 is 40.8 Å². The van der Waals surface area contributed by atoms with Crippen molar-refractivity contribution in [2.45, 2.75) is 17.8 Å². The van der Waals surface area contributed by atoms with Gasteiger partial charge < -0.3 is 14.9 Å². The molecule has 102 valence electrons. The van der Waals surface area contributed by atoms with Crippen molar-refractivity contribution in [3.05, 3.63) is 0 Å². The number of ether oxygens (including phenoxy) is 1. The predicted molar refractivity (Wildman–Crippen MR) is 66.9 cm³/mol. The summed E-state index contributed by atoms with van der Waals surface area (Å²) in [5, 5.41) is 20.0. The monoisotopic (exact) mass is 295 g/mol. The van der Waals surface area contributed by atoms with E-state index < -0.39 is 28.2 Å². The van der Waals surface area contributed by atoms with Crippen LogP contribution in [0.5, 0.6) is 0 Å². The van der Waals surface area contributed by atoms with Gasteiger partial charge >= 0.3 is 17.2 Å². The van der Waals surface area contributed by atoms with Gasteiger partial charge in [-0.2, -0.15) is 0 Å². The topological polar surface area (TPSA) is 113 Å². The highest BCUT2D eigenvalue weighted by Crippen LogP contribution is 2.34. The van der Waals surface area contributed by atoms with E-state index in [-0.39, 0.29) is 18.1 Å². The Balaban J connectivity index is 2.64. The lowest BCUT2D eigenvalue weighted by Gasteiger charge is -2.22. The van der Waals surface area contributed by atoms with Crippen LogP contribution in [0, 0.1) is 0 Å². The van der Waals surface area contributed by atoms with Crippen molar-refractivity contribution in [3.63, 3.8) is 0 Å². The number of carboxylic acid groups (broad SMARTS) is 2. The fourth-order valence-corrected chi connectivity index (χ4v) is 3.58. The van der Waals surface area contributed by atoms with E-state index in [1.54, 1.807) is 6.92 Å². The Bertz CT molecular complexity index is 363. The molecule has 0 radical (unpaired) electrons. The van der Waals surface area contributed by atoms with E-state index in [1.807, 2.05) is 0 Å². The first-order chi connectivity index (χ1) is 8.41. The molecule has 1 heterocycles. The molecule has 1 fully saturated rings. The summed E-state index contributed by atoms with van der Waals surface area (Å²) in [6, 6.07) is -0.922. The molecule has 0 aliphatic carbocycles. The zero-order chi connectivity index (χ0) is 13.8. The fraction of sp³-hybridized carbons (Fsp3) is 0.667. The molecule has 1 unspecified atom stereocenters. The van der Waals surface area contributed by atoms with Crippen LogP contribution in [0.15, 0.2) is 0 Å². The summed E-state index contributed by atoms with van der Waals surface area (Å²) in [5.41, 5.74) is 0. The number of hydrogen-bond donors (Lipinski definition) is 3. The molecule has 1 aliphatic heterocycles. The molecular weight excluding hydrogens is 282 g/mol. The molecule has 2 atom stereocenters. The molecule has 0 saturated carbocycles. The van der Waals surface area contributed by atoms with Crippen LogP contribution in [0.4, 0.5) is 4.79 Å². The van der Waals surface area contributed by atoms with Gasteiger partial charge in [0.25, 0.3) is 0 Å². The van der Waals surface area contributed by atoms with Crippen molar-refractivity contribution in [3.8, 4) is 0 Å². The van der Waals surface area contributed by atoms with Gasteiger partial charge in [-0.25, -0.2) is 9.59 Å².